The summed E-state index contributed by atoms with van der Waals surface area (Å²) in [5, 5.41) is 0.166. The van der Waals surface area contributed by atoms with E-state index in [1.807, 2.05) is 0 Å². The molecule has 1 fully saturated rings. The number of methoxy groups -OCH3 is 1. The molecule has 1 saturated heterocycles. The fraction of sp³-hybridized carbons (Fsp3) is 0.533. The van der Waals surface area contributed by atoms with Crippen LogP contribution in [0.5, 0.6) is 0 Å². The van der Waals surface area contributed by atoms with Crippen LogP contribution < -0.4 is 5.73 Å². The molecule has 1 aromatic carbocycles. The molecule has 128 valence electrons. The lowest BCUT2D eigenvalue weighted by molar-refractivity contribution is -0.131. The molecule has 1 amide bonds. The Bertz CT molecular complexity index is 680. The van der Waals surface area contributed by atoms with Crippen molar-refractivity contribution < 1.29 is 17.9 Å². The molecule has 1 aliphatic heterocycles. The fourth-order valence-corrected chi connectivity index (χ4v) is 4.97. The van der Waals surface area contributed by atoms with Gasteiger partial charge >= 0.3 is 0 Å². The van der Waals surface area contributed by atoms with Gasteiger partial charge in [-0.05, 0) is 31.4 Å². The Morgan fingerprint density at radius 1 is 1.43 bits per heavy atom. The lowest BCUT2D eigenvalue weighted by Gasteiger charge is -2.40. The van der Waals surface area contributed by atoms with E-state index in [-0.39, 0.29) is 16.5 Å². The van der Waals surface area contributed by atoms with Gasteiger partial charge in [0.2, 0.25) is 15.9 Å². The van der Waals surface area contributed by atoms with Gasteiger partial charge in [-0.25, -0.2) is 8.42 Å². The minimum atomic E-state index is -3.77. The highest BCUT2D eigenvalue weighted by atomic mass is 35.5. The number of piperidine rings is 1. The Balaban J connectivity index is 2.33. The van der Waals surface area contributed by atoms with E-state index in [1.165, 1.54) is 23.5 Å². The van der Waals surface area contributed by atoms with Crippen LogP contribution in [0.2, 0.25) is 5.02 Å². The molecular formula is C15H21ClN2O4S. The van der Waals surface area contributed by atoms with Crippen LogP contribution in [0.4, 0.5) is 0 Å². The Labute approximate surface area is 141 Å². The number of nitrogens with zero attached hydrogens (tertiary/aromatic N) is 1. The second kappa shape index (κ2) is 7.17. The van der Waals surface area contributed by atoms with E-state index in [4.69, 9.17) is 22.1 Å². The maximum atomic E-state index is 12.9. The first kappa shape index (κ1) is 18.2. The summed E-state index contributed by atoms with van der Waals surface area (Å²) in [7, 11) is -2.23. The Morgan fingerprint density at radius 2 is 2.13 bits per heavy atom. The number of amides is 1. The normalized spacial score (nSPS) is 22.9. The number of benzene rings is 1. The van der Waals surface area contributed by atoms with Gasteiger partial charge < -0.3 is 10.5 Å². The highest BCUT2D eigenvalue weighted by Crippen LogP contribution is 2.36. The first-order chi connectivity index (χ1) is 10.8. The molecule has 1 unspecified atom stereocenters. The minimum Gasteiger partial charge on any atom is -0.385 e. The molecule has 1 atom stereocenters. The number of hydrogen-bond acceptors (Lipinski definition) is 4. The van der Waals surface area contributed by atoms with Crippen molar-refractivity contribution in [1.29, 1.82) is 0 Å². The van der Waals surface area contributed by atoms with E-state index in [9.17, 15) is 13.2 Å². The van der Waals surface area contributed by atoms with E-state index in [1.54, 1.807) is 12.1 Å². The third-order valence-corrected chi connectivity index (χ3v) is 6.65. The number of carbonyl (C=O) groups excluding carboxylic acids is 1. The van der Waals surface area contributed by atoms with Crippen LogP contribution in [0.15, 0.2) is 29.2 Å². The van der Waals surface area contributed by atoms with Crippen molar-refractivity contribution in [2.45, 2.75) is 24.2 Å². The number of hydrogen-bond donors (Lipinski definition) is 1. The van der Waals surface area contributed by atoms with Gasteiger partial charge in [0.25, 0.3) is 0 Å². The van der Waals surface area contributed by atoms with Crippen molar-refractivity contribution in [3.05, 3.63) is 29.3 Å². The molecule has 8 heteroatoms. The summed E-state index contributed by atoms with van der Waals surface area (Å²) < 4.78 is 32.1. The predicted octanol–water partition coefficient (Wildman–Crippen LogP) is 1.63. The topological polar surface area (TPSA) is 89.7 Å². The van der Waals surface area contributed by atoms with Crippen LogP contribution in [-0.4, -0.2) is 45.4 Å². The van der Waals surface area contributed by atoms with E-state index in [2.05, 4.69) is 0 Å². The first-order valence-corrected chi connectivity index (χ1v) is 9.19. The maximum absolute atomic E-state index is 12.9. The number of carbonyl (C=O) groups is 1. The molecule has 0 bridgehead atoms. The van der Waals surface area contributed by atoms with Crippen molar-refractivity contribution in [1.82, 2.24) is 4.31 Å². The summed E-state index contributed by atoms with van der Waals surface area (Å²) in [6.45, 7) is 0.748. The molecule has 0 aliphatic carbocycles. The molecule has 1 heterocycles. The quantitative estimate of drug-likeness (QED) is 0.834. The fourth-order valence-electron chi connectivity index (χ4n) is 2.91. The highest BCUT2D eigenvalue weighted by Gasteiger charge is 2.44. The van der Waals surface area contributed by atoms with Crippen LogP contribution in [0.25, 0.3) is 0 Å². The lowest BCUT2D eigenvalue weighted by Crippen LogP contribution is -2.52. The van der Waals surface area contributed by atoms with Gasteiger partial charge in [0.15, 0.2) is 0 Å². The molecule has 0 saturated carbocycles. The predicted molar refractivity (Wildman–Crippen MR) is 87.6 cm³/mol. The molecule has 0 aromatic heterocycles. The summed E-state index contributed by atoms with van der Waals surface area (Å²) in [6, 6.07) is 6.29. The average Bonchev–Trinajstić information content (AvgIpc) is 2.53. The van der Waals surface area contributed by atoms with Crippen LogP contribution in [0, 0.1) is 5.41 Å². The zero-order chi connectivity index (χ0) is 17.1. The summed E-state index contributed by atoms with van der Waals surface area (Å²) in [6.07, 6.45) is 1.52. The second-order valence-corrected chi connectivity index (χ2v) is 8.07. The summed E-state index contributed by atoms with van der Waals surface area (Å²) in [5.74, 6) is -0.492. The van der Waals surface area contributed by atoms with E-state index >= 15 is 0 Å². The number of rotatable bonds is 6. The summed E-state index contributed by atoms with van der Waals surface area (Å²) >= 11 is 6.03. The Kier molecular flexibility index (Phi) is 5.67. The zero-order valence-corrected chi connectivity index (χ0v) is 14.6. The standard InChI is InChI=1S/C15H21ClN2O4S/c1-22-10-8-15(14(17)19)7-4-9-18(11-15)23(20,21)13-6-3-2-5-12(13)16/h2-3,5-6H,4,7-11H2,1H3,(H2,17,19). The SMILES string of the molecule is COCCC1(C(N)=O)CCCN(S(=O)(=O)c2ccccc2Cl)C1. The van der Waals surface area contributed by atoms with Crippen LogP contribution in [-0.2, 0) is 19.6 Å². The van der Waals surface area contributed by atoms with Crippen LogP contribution in [0.1, 0.15) is 19.3 Å². The molecule has 2 rings (SSSR count). The van der Waals surface area contributed by atoms with E-state index in [0.29, 0.717) is 32.4 Å². The Hall–Kier alpha value is -1.15. The average molecular weight is 361 g/mol. The third kappa shape index (κ3) is 3.68. The van der Waals surface area contributed by atoms with Gasteiger partial charge in [-0.2, -0.15) is 4.31 Å². The zero-order valence-electron chi connectivity index (χ0n) is 13.0. The van der Waals surface area contributed by atoms with Crippen LogP contribution in [0.3, 0.4) is 0 Å². The smallest absolute Gasteiger partial charge is 0.244 e. The largest absolute Gasteiger partial charge is 0.385 e. The molecule has 6 nitrogen and oxygen atoms in total. The third-order valence-electron chi connectivity index (χ3n) is 4.30. The van der Waals surface area contributed by atoms with Crippen molar-refractivity contribution >= 4 is 27.5 Å². The summed E-state index contributed by atoms with van der Waals surface area (Å²) in [4.78, 5) is 12.0. The maximum Gasteiger partial charge on any atom is 0.244 e. The second-order valence-electron chi connectivity index (χ2n) is 5.76. The van der Waals surface area contributed by atoms with Crippen molar-refractivity contribution in [3.8, 4) is 0 Å². The van der Waals surface area contributed by atoms with Gasteiger partial charge in [-0.15, -0.1) is 0 Å². The molecular weight excluding hydrogens is 340 g/mol. The Morgan fingerprint density at radius 3 is 2.74 bits per heavy atom. The monoisotopic (exact) mass is 360 g/mol. The lowest BCUT2D eigenvalue weighted by atomic mass is 9.77. The highest BCUT2D eigenvalue weighted by molar-refractivity contribution is 7.89. The number of halogens is 1. The number of ether oxygens (including phenoxy) is 1. The summed E-state index contributed by atoms with van der Waals surface area (Å²) in [5.41, 5.74) is 4.67. The minimum absolute atomic E-state index is 0.0497. The molecule has 1 aromatic rings. The van der Waals surface area contributed by atoms with E-state index in [0.717, 1.165) is 0 Å². The van der Waals surface area contributed by atoms with Crippen LogP contribution >= 0.6 is 11.6 Å². The van der Waals surface area contributed by atoms with Gasteiger partial charge in [-0.3, -0.25) is 4.79 Å². The molecule has 0 radical (unpaired) electrons. The molecule has 0 spiro atoms. The van der Waals surface area contributed by atoms with Gasteiger partial charge in [-0.1, -0.05) is 23.7 Å². The molecule has 23 heavy (non-hydrogen) atoms. The van der Waals surface area contributed by atoms with Crippen molar-refractivity contribution in [3.63, 3.8) is 0 Å². The molecule has 1 aliphatic rings. The number of primary amides is 1. The van der Waals surface area contributed by atoms with Crippen molar-refractivity contribution in [2.75, 3.05) is 26.8 Å². The molecule has 2 N–H and O–H groups in total. The first-order valence-electron chi connectivity index (χ1n) is 7.37. The van der Waals surface area contributed by atoms with Gasteiger partial charge in [0.1, 0.15) is 4.90 Å². The number of nitrogens with two attached hydrogens (primary N) is 1. The van der Waals surface area contributed by atoms with E-state index < -0.39 is 21.3 Å². The van der Waals surface area contributed by atoms with Crippen molar-refractivity contribution in [2.24, 2.45) is 11.1 Å². The van der Waals surface area contributed by atoms with Gasteiger partial charge in [0.05, 0.1) is 10.4 Å². The van der Waals surface area contributed by atoms with Gasteiger partial charge in [0, 0.05) is 26.8 Å². The number of sulfonamides is 1.